The number of hydrogen-bond acceptors (Lipinski definition) is 4. The van der Waals surface area contributed by atoms with Crippen LogP contribution in [0.4, 0.5) is 0 Å². The second-order valence-corrected chi connectivity index (χ2v) is 4.73. The lowest BCUT2D eigenvalue weighted by molar-refractivity contribution is 0.0690. The molecule has 2 heterocycles. The number of hydrogen-bond donors (Lipinski definition) is 1. The number of carboxylic acid groups (broad SMARTS) is 1. The first-order valence-corrected chi connectivity index (χ1v) is 5.52. The van der Waals surface area contributed by atoms with Gasteiger partial charge in [0.2, 0.25) is 0 Å². The minimum absolute atomic E-state index is 0.128. The topological polar surface area (TPSA) is 68.0 Å². The lowest BCUT2D eigenvalue weighted by Crippen LogP contribution is -1.98. The first kappa shape index (κ1) is 10.8. The van der Waals surface area contributed by atoms with Crippen molar-refractivity contribution in [3.63, 3.8) is 0 Å². The van der Waals surface area contributed by atoms with Gasteiger partial charge in [-0.15, -0.1) is 11.3 Å². The highest BCUT2D eigenvalue weighted by molar-refractivity contribution is 7.15. The van der Waals surface area contributed by atoms with Crippen molar-refractivity contribution < 1.29 is 9.90 Å². The van der Waals surface area contributed by atoms with Crippen molar-refractivity contribution in [1.82, 2.24) is 14.8 Å². The summed E-state index contributed by atoms with van der Waals surface area (Å²) < 4.78 is 1.70. The molecule has 0 atom stereocenters. The highest BCUT2D eigenvalue weighted by Crippen LogP contribution is 2.29. The van der Waals surface area contributed by atoms with E-state index < -0.39 is 5.97 Å². The smallest absolute Gasteiger partial charge is 0.355 e. The monoisotopic (exact) mass is 237 g/mol. The highest BCUT2D eigenvalue weighted by atomic mass is 32.1. The molecule has 0 aliphatic heterocycles. The van der Waals surface area contributed by atoms with Crippen molar-refractivity contribution in [3.05, 3.63) is 22.5 Å². The van der Waals surface area contributed by atoms with Crippen LogP contribution in [0.2, 0.25) is 0 Å². The molecule has 0 aliphatic rings. The number of aryl methyl sites for hydroxylation is 3. The molecule has 1 N–H and O–H groups in total. The van der Waals surface area contributed by atoms with Gasteiger partial charge in [0, 0.05) is 18.1 Å². The van der Waals surface area contributed by atoms with Crippen LogP contribution < -0.4 is 0 Å². The Balaban J connectivity index is 2.53. The average Bonchev–Trinajstić information content (AvgIpc) is 2.69. The summed E-state index contributed by atoms with van der Waals surface area (Å²) in [7, 11) is 1.83. The van der Waals surface area contributed by atoms with E-state index in [1.54, 1.807) is 11.6 Å². The SMILES string of the molecule is Cc1nn(C)cc1-c1nc(C(=O)O)c(C)s1. The number of aromatic nitrogens is 3. The Kier molecular flexibility index (Phi) is 2.51. The second-order valence-electron chi connectivity index (χ2n) is 3.53. The third-order valence-corrected chi connectivity index (χ3v) is 3.25. The van der Waals surface area contributed by atoms with Crippen LogP contribution in [0.5, 0.6) is 0 Å². The molecule has 84 valence electrons. The van der Waals surface area contributed by atoms with Gasteiger partial charge < -0.3 is 5.11 Å². The van der Waals surface area contributed by atoms with Crippen LogP contribution >= 0.6 is 11.3 Å². The maximum absolute atomic E-state index is 10.9. The summed E-state index contributed by atoms with van der Waals surface area (Å²) >= 11 is 1.38. The normalized spacial score (nSPS) is 10.7. The number of nitrogens with zero attached hydrogens (tertiary/aromatic N) is 3. The molecular formula is C10H11N3O2S. The number of thiazole rings is 1. The quantitative estimate of drug-likeness (QED) is 0.865. The summed E-state index contributed by atoms with van der Waals surface area (Å²) in [4.78, 5) is 15.7. The van der Waals surface area contributed by atoms with E-state index in [0.717, 1.165) is 11.3 Å². The van der Waals surface area contributed by atoms with Crippen LogP contribution in [0.25, 0.3) is 10.6 Å². The van der Waals surface area contributed by atoms with E-state index in [-0.39, 0.29) is 5.69 Å². The Bertz CT molecular complexity index is 556. The molecule has 0 aliphatic carbocycles. The van der Waals surface area contributed by atoms with Gasteiger partial charge in [0.1, 0.15) is 5.01 Å². The zero-order valence-corrected chi connectivity index (χ0v) is 10.00. The van der Waals surface area contributed by atoms with E-state index in [9.17, 15) is 4.79 Å². The lowest BCUT2D eigenvalue weighted by Gasteiger charge is -1.89. The molecular weight excluding hydrogens is 226 g/mol. The van der Waals surface area contributed by atoms with E-state index in [1.807, 2.05) is 20.2 Å². The van der Waals surface area contributed by atoms with Crippen molar-refractivity contribution in [2.75, 3.05) is 0 Å². The third kappa shape index (κ3) is 1.71. The van der Waals surface area contributed by atoms with Crippen molar-refractivity contribution >= 4 is 17.3 Å². The zero-order chi connectivity index (χ0) is 11.9. The summed E-state index contributed by atoms with van der Waals surface area (Å²) in [6, 6.07) is 0. The molecule has 0 radical (unpaired) electrons. The Morgan fingerprint density at radius 3 is 2.62 bits per heavy atom. The predicted octanol–water partition coefficient (Wildman–Crippen LogP) is 1.86. The molecule has 0 amide bonds. The fraction of sp³-hybridized carbons (Fsp3) is 0.300. The van der Waals surface area contributed by atoms with E-state index in [4.69, 9.17) is 5.11 Å². The predicted molar refractivity (Wildman–Crippen MR) is 60.7 cm³/mol. The highest BCUT2D eigenvalue weighted by Gasteiger charge is 2.17. The van der Waals surface area contributed by atoms with Crippen LogP contribution in [0.3, 0.4) is 0 Å². The molecule has 5 nitrogen and oxygen atoms in total. The van der Waals surface area contributed by atoms with Gasteiger partial charge >= 0.3 is 5.97 Å². The largest absolute Gasteiger partial charge is 0.476 e. The van der Waals surface area contributed by atoms with Gasteiger partial charge in [-0.3, -0.25) is 4.68 Å². The molecule has 2 aromatic rings. The minimum Gasteiger partial charge on any atom is -0.476 e. The maximum atomic E-state index is 10.9. The molecule has 2 aromatic heterocycles. The Labute approximate surface area is 96.4 Å². The van der Waals surface area contributed by atoms with Gasteiger partial charge in [-0.25, -0.2) is 9.78 Å². The molecule has 0 aromatic carbocycles. The van der Waals surface area contributed by atoms with Gasteiger partial charge in [0.25, 0.3) is 0 Å². The van der Waals surface area contributed by atoms with Gasteiger partial charge in [-0.1, -0.05) is 0 Å². The van der Waals surface area contributed by atoms with Crippen molar-refractivity contribution in [1.29, 1.82) is 0 Å². The van der Waals surface area contributed by atoms with Crippen LogP contribution in [0.1, 0.15) is 21.1 Å². The molecule has 0 saturated heterocycles. The Morgan fingerprint density at radius 2 is 2.19 bits per heavy atom. The third-order valence-electron chi connectivity index (χ3n) is 2.24. The molecule has 0 saturated carbocycles. The zero-order valence-electron chi connectivity index (χ0n) is 9.18. The molecule has 16 heavy (non-hydrogen) atoms. The molecule has 0 bridgehead atoms. The molecule has 2 rings (SSSR count). The van der Waals surface area contributed by atoms with Gasteiger partial charge in [-0.05, 0) is 13.8 Å². The van der Waals surface area contributed by atoms with Crippen LogP contribution in [0.15, 0.2) is 6.20 Å². The molecule has 0 fully saturated rings. The minimum atomic E-state index is -0.985. The fourth-order valence-corrected chi connectivity index (χ4v) is 2.49. The Morgan fingerprint density at radius 1 is 1.50 bits per heavy atom. The van der Waals surface area contributed by atoms with E-state index in [1.165, 1.54) is 11.3 Å². The molecule has 0 unspecified atom stereocenters. The van der Waals surface area contributed by atoms with Gasteiger partial charge in [0.05, 0.1) is 11.3 Å². The second kappa shape index (κ2) is 3.71. The maximum Gasteiger partial charge on any atom is 0.355 e. The number of aromatic carboxylic acids is 1. The number of carboxylic acids is 1. The van der Waals surface area contributed by atoms with E-state index in [2.05, 4.69) is 10.1 Å². The first-order chi connectivity index (χ1) is 7.49. The first-order valence-electron chi connectivity index (χ1n) is 4.70. The molecule has 6 heteroatoms. The lowest BCUT2D eigenvalue weighted by atomic mass is 10.3. The van der Waals surface area contributed by atoms with E-state index in [0.29, 0.717) is 9.88 Å². The van der Waals surface area contributed by atoms with Crippen molar-refractivity contribution in [3.8, 4) is 10.6 Å². The summed E-state index contributed by atoms with van der Waals surface area (Å²) in [5, 5.41) is 13.8. The summed E-state index contributed by atoms with van der Waals surface area (Å²) in [5.74, 6) is -0.985. The van der Waals surface area contributed by atoms with Crippen LogP contribution in [0, 0.1) is 13.8 Å². The standard InChI is InChI=1S/C10H11N3O2S/c1-5-7(4-13(3)12-5)9-11-8(10(14)15)6(2)16-9/h4H,1-3H3,(H,14,15). The van der Waals surface area contributed by atoms with Gasteiger partial charge in [-0.2, -0.15) is 5.10 Å². The summed E-state index contributed by atoms with van der Waals surface area (Å²) in [5.41, 5.74) is 1.87. The van der Waals surface area contributed by atoms with Crippen LogP contribution in [-0.4, -0.2) is 25.8 Å². The van der Waals surface area contributed by atoms with E-state index >= 15 is 0 Å². The van der Waals surface area contributed by atoms with Crippen LogP contribution in [-0.2, 0) is 7.05 Å². The summed E-state index contributed by atoms with van der Waals surface area (Å²) in [6.07, 6.45) is 1.85. The van der Waals surface area contributed by atoms with Gasteiger partial charge in [0.15, 0.2) is 5.69 Å². The average molecular weight is 237 g/mol. The molecule has 0 spiro atoms. The fourth-order valence-electron chi connectivity index (χ4n) is 1.52. The van der Waals surface area contributed by atoms with Crippen molar-refractivity contribution in [2.24, 2.45) is 7.05 Å². The number of rotatable bonds is 2. The number of carbonyl (C=O) groups is 1. The Hall–Kier alpha value is -1.69. The van der Waals surface area contributed by atoms with Crippen molar-refractivity contribution in [2.45, 2.75) is 13.8 Å². The summed E-state index contributed by atoms with van der Waals surface area (Å²) in [6.45, 7) is 3.64.